The first-order valence-corrected chi connectivity index (χ1v) is 7.46. The lowest BCUT2D eigenvalue weighted by Gasteiger charge is -2.15. The normalized spacial score (nSPS) is 12.2. The third-order valence-electron chi connectivity index (χ3n) is 3.27. The zero-order valence-corrected chi connectivity index (χ0v) is 13.2. The van der Waals surface area contributed by atoms with E-state index in [9.17, 15) is 0 Å². The van der Waals surface area contributed by atoms with E-state index in [1.54, 1.807) is 14.2 Å². The van der Waals surface area contributed by atoms with Gasteiger partial charge in [-0.05, 0) is 44.2 Å². The number of benzene rings is 1. The lowest BCUT2D eigenvalue weighted by atomic mass is 10.1. The molecule has 0 aliphatic carbocycles. The Kier molecular flexibility index (Phi) is 5.04. The number of rotatable bonds is 6. The van der Waals surface area contributed by atoms with Gasteiger partial charge in [0.2, 0.25) is 0 Å². The molecular formula is C16H21NO2S. The van der Waals surface area contributed by atoms with Crippen molar-refractivity contribution in [2.45, 2.75) is 26.4 Å². The van der Waals surface area contributed by atoms with Crippen LogP contribution in [0.3, 0.4) is 0 Å². The standard InChI is InChI=1S/C16H21NO2S/c1-11-5-8-16(20-11)12(2)17-10-13-9-14(18-3)6-7-15(13)19-4/h5-9,12,17H,10H2,1-4H3. The SMILES string of the molecule is COc1ccc(OC)c(CNC(C)c2ccc(C)s2)c1. The quantitative estimate of drug-likeness (QED) is 0.875. The van der Waals surface area contributed by atoms with Gasteiger partial charge in [-0.15, -0.1) is 11.3 Å². The molecule has 1 aromatic heterocycles. The topological polar surface area (TPSA) is 30.5 Å². The Balaban J connectivity index is 2.06. The summed E-state index contributed by atoms with van der Waals surface area (Å²) in [6.45, 7) is 5.06. The molecule has 4 heteroatoms. The maximum absolute atomic E-state index is 5.39. The fourth-order valence-corrected chi connectivity index (χ4v) is 2.97. The Labute approximate surface area is 124 Å². The predicted molar refractivity (Wildman–Crippen MR) is 83.9 cm³/mol. The summed E-state index contributed by atoms with van der Waals surface area (Å²) in [6.07, 6.45) is 0. The Morgan fingerprint density at radius 1 is 1.15 bits per heavy atom. The zero-order valence-electron chi connectivity index (χ0n) is 12.4. The zero-order chi connectivity index (χ0) is 14.5. The van der Waals surface area contributed by atoms with E-state index < -0.39 is 0 Å². The molecule has 108 valence electrons. The molecule has 0 spiro atoms. The summed E-state index contributed by atoms with van der Waals surface area (Å²) < 4.78 is 10.7. The highest BCUT2D eigenvalue weighted by Gasteiger charge is 2.10. The van der Waals surface area contributed by atoms with Crippen LogP contribution in [0.1, 0.15) is 28.3 Å². The highest BCUT2D eigenvalue weighted by atomic mass is 32.1. The largest absolute Gasteiger partial charge is 0.497 e. The van der Waals surface area contributed by atoms with Gasteiger partial charge in [0.1, 0.15) is 11.5 Å². The minimum Gasteiger partial charge on any atom is -0.497 e. The molecule has 2 aromatic rings. The average molecular weight is 291 g/mol. The number of nitrogens with one attached hydrogen (secondary N) is 1. The molecular weight excluding hydrogens is 270 g/mol. The van der Waals surface area contributed by atoms with Crippen LogP contribution in [-0.4, -0.2) is 14.2 Å². The summed E-state index contributed by atoms with van der Waals surface area (Å²) in [5.74, 6) is 1.73. The van der Waals surface area contributed by atoms with Gasteiger partial charge in [0.15, 0.2) is 0 Å². The maximum Gasteiger partial charge on any atom is 0.123 e. The van der Waals surface area contributed by atoms with Crippen LogP contribution >= 0.6 is 11.3 Å². The molecule has 0 fully saturated rings. The maximum atomic E-state index is 5.39. The molecule has 0 bridgehead atoms. The van der Waals surface area contributed by atoms with Crippen LogP contribution in [0.4, 0.5) is 0 Å². The van der Waals surface area contributed by atoms with Crippen LogP contribution in [0.5, 0.6) is 11.5 Å². The Morgan fingerprint density at radius 2 is 1.95 bits per heavy atom. The summed E-state index contributed by atoms with van der Waals surface area (Å²) in [5.41, 5.74) is 1.10. The first-order valence-electron chi connectivity index (χ1n) is 6.64. The molecule has 1 aromatic carbocycles. The van der Waals surface area contributed by atoms with Crippen molar-refractivity contribution in [3.05, 3.63) is 45.6 Å². The molecule has 2 rings (SSSR count). The first-order chi connectivity index (χ1) is 9.63. The highest BCUT2D eigenvalue weighted by Crippen LogP contribution is 2.26. The molecule has 0 saturated heterocycles. The van der Waals surface area contributed by atoms with Gasteiger partial charge in [0.05, 0.1) is 14.2 Å². The molecule has 3 nitrogen and oxygen atoms in total. The van der Waals surface area contributed by atoms with Crippen molar-refractivity contribution in [2.24, 2.45) is 0 Å². The highest BCUT2D eigenvalue weighted by molar-refractivity contribution is 7.12. The van der Waals surface area contributed by atoms with Gasteiger partial charge in [-0.3, -0.25) is 0 Å². The van der Waals surface area contributed by atoms with E-state index in [0.717, 1.165) is 23.6 Å². The molecule has 0 saturated carbocycles. The summed E-state index contributed by atoms with van der Waals surface area (Å²) in [6, 6.07) is 10.5. The predicted octanol–water partition coefficient (Wildman–Crippen LogP) is 3.92. The summed E-state index contributed by atoms with van der Waals surface area (Å²) in [5, 5.41) is 3.53. The molecule has 20 heavy (non-hydrogen) atoms. The smallest absolute Gasteiger partial charge is 0.123 e. The van der Waals surface area contributed by atoms with Crippen LogP contribution in [0.2, 0.25) is 0 Å². The number of hydrogen-bond acceptors (Lipinski definition) is 4. The fourth-order valence-electron chi connectivity index (χ4n) is 2.07. The summed E-state index contributed by atoms with van der Waals surface area (Å²) in [4.78, 5) is 2.69. The molecule has 0 radical (unpaired) electrons. The van der Waals surface area contributed by atoms with E-state index in [2.05, 4.69) is 31.3 Å². The molecule has 0 aliphatic heterocycles. The molecule has 1 atom stereocenters. The lowest BCUT2D eigenvalue weighted by molar-refractivity contribution is 0.396. The molecule has 1 N–H and O–H groups in total. The van der Waals surface area contributed by atoms with Gasteiger partial charge in [-0.1, -0.05) is 0 Å². The van der Waals surface area contributed by atoms with Crippen molar-refractivity contribution in [1.82, 2.24) is 5.32 Å². The minimum absolute atomic E-state index is 0.324. The third kappa shape index (κ3) is 3.52. The van der Waals surface area contributed by atoms with Crippen molar-refractivity contribution in [2.75, 3.05) is 14.2 Å². The molecule has 0 aliphatic rings. The van der Waals surface area contributed by atoms with E-state index in [1.165, 1.54) is 9.75 Å². The van der Waals surface area contributed by atoms with Crippen LogP contribution in [0.25, 0.3) is 0 Å². The monoisotopic (exact) mass is 291 g/mol. The molecule has 1 unspecified atom stereocenters. The number of hydrogen-bond donors (Lipinski definition) is 1. The van der Waals surface area contributed by atoms with Crippen LogP contribution in [0, 0.1) is 6.92 Å². The van der Waals surface area contributed by atoms with E-state index in [-0.39, 0.29) is 0 Å². The second-order valence-electron chi connectivity index (χ2n) is 4.73. The van der Waals surface area contributed by atoms with Crippen LogP contribution in [0.15, 0.2) is 30.3 Å². The van der Waals surface area contributed by atoms with Gasteiger partial charge in [0.25, 0.3) is 0 Å². The Bertz CT molecular complexity index is 565. The number of aryl methyl sites for hydroxylation is 1. The Hall–Kier alpha value is -1.52. The van der Waals surface area contributed by atoms with Gasteiger partial charge in [0, 0.05) is 27.9 Å². The number of ether oxygens (including phenoxy) is 2. The van der Waals surface area contributed by atoms with E-state index >= 15 is 0 Å². The van der Waals surface area contributed by atoms with E-state index in [0.29, 0.717) is 6.04 Å². The van der Waals surface area contributed by atoms with Crippen molar-refractivity contribution < 1.29 is 9.47 Å². The van der Waals surface area contributed by atoms with Crippen molar-refractivity contribution >= 4 is 11.3 Å². The van der Waals surface area contributed by atoms with Crippen LogP contribution < -0.4 is 14.8 Å². The van der Waals surface area contributed by atoms with Crippen molar-refractivity contribution in [3.8, 4) is 11.5 Å². The number of methoxy groups -OCH3 is 2. The molecule has 1 heterocycles. The molecule has 0 amide bonds. The van der Waals surface area contributed by atoms with E-state index in [1.807, 2.05) is 29.5 Å². The van der Waals surface area contributed by atoms with Gasteiger partial charge >= 0.3 is 0 Å². The third-order valence-corrected chi connectivity index (χ3v) is 4.46. The van der Waals surface area contributed by atoms with Gasteiger partial charge in [-0.2, -0.15) is 0 Å². The lowest BCUT2D eigenvalue weighted by Crippen LogP contribution is -2.17. The van der Waals surface area contributed by atoms with Crippen molar-refractivity contribution in [1.29, 1.82) is 0 Å². The van der Waals surface area contributed by atoms with Gasteiger partial charge < -0.3 is 14.8 Å². The van der Waals surface area contributed by atoms with E-state index in [4.69, 9.17) is 9.47 Å². The minimum atomic E-state index is 0.324. The Morgan fingerprint density at radius 3 is 2.55 bits per heavy atom. The average Bonchev–Trinajstić information content (AvgIpc) is 2.91. The second-order valence-corrected chi connectivity index (χ2v) is 6.05. The summed E-state index contributed by atoms with van der Waals surface area (Å²) >= 11 is 1.83. The summed E-state index contributed by atoms with van der Waals surface area (Å²) in [7, 11) is 3.37. The first kappa shape index (κ1) is 14.9. The number of thiophene rings is 1. The second kappa shape index (κ2) is 6.77. The van der Waals surface area contributed by atoms with Crippen LogP contribution in [-0.2, 0) is 6.54 Å². The fraction of sp³-hybridized carbons (Fsp3) is 0.375. The van der Waals surface area contributed by atoms with Crippen molar-refractivity contribution in [3.63, 3.8) is 0 Å². The van der Waals surface area contributed by atoms with Gasteiger partial charge in [-0.25, -0.2) is 0 Å².